The van der Waals surface area contributed by atoms with Crippen molar-refractivity contribution < 1.29 is 0 Å². The number of hydrogen-bond donors (Lipinski definition) is 0. The van der Waals surface area contributed by atoms with Crippen LogP contribution in [0.15, 0.2) is 12.2 Å². The van der Waals surface area contributed by atoms with Gasteiger partial charge in [-0.05, 0) is 31.6 Å². The lowest BCUT2D eigenvalue weighted by atomic mass is 10.0. The van der Waals surface area contributed by atoms with Crippen molar-refractivity contribution >= 4 is 0 Å². The van der Waals surface area contributed by atoms with E-state index in [0.717, 1.165) is 17.9 Å². The second-order valence-electron chi connectivity index (χ2n) is 4.68. The highest BCUT2D eigenvalue weighted by atomic mass is 15.2. The summed E-state index contributed by atoms with van der Waals surface area (Å²) in [5.74, 6) is 1.85. The normalized spacial score (nSPS) is 35.2. The molecular weight excluding hydrogens is 158 g/mol. The number of allylic oxidation sites excluding steroid dienone is 1. The topological polar surface area (TPSA) is 3.24 Å². The van der Waals surface area contributed by atoms with Crippen LogP contribution in [0.25, 0.3) is 0 Å². The summed E-state index contributed by atoms with van der Waals surface area (Å²) in [5.41, 5.74) is 0. The Kier molecular flexibility index (Phi) is 2.73. The predicted molar refractivity (Wildman–Crippen MR) is 56.7 cm³/mol. The number of hydrogen-bond acceptors (Lipinski definition) is 1. The van der Waals surface area contributed by atoms with Gasteiger partial charge in [0.05, 0.1) is 0 Å². The van der Waals surface area contributed by atoms with E-state index in [1.807, 2.05) is 0 Å². The van der Waals surface area contributed by atoms with E-state index in [9.17, 15) is 0 Å². The van der Waals surface area contributed by atoms with Crippen LogP contribution >= 0.6 is 0 Å². The first-order valence-electron chi connectivity index (χ1n) is 5.72. The molecule has 2 aliphatic rings. The molecular formula is C12H21N. The summed E-state index contributed by atoms with van der Waals surface area (Å²) in [6.07, 6.45) is 8.83. The molecule has 1 heteroatoms. The SMILES string of the molecule is CCCC(C)N1CC2C=CCC2C1. The van der Waals surface area contributed by atoms with E-state index in [-0.39, 0.29) is 0 Å². The van der Waals surface area contributed by atoms with Crippen LogP contribution in [0, 0.1) is 11.8 Å². The van der Waals surface area contributed by atoms with Gasteiger partial charge in [0.2, 0.25) is 0 Å². The van der Waals surface area contributed by atoms with Crippen molar-refractivity contribution in [3.63, 3.8) is 0 Å². The van der Waals surface area contributed by atoms with Crippen molar-refractivity contribution in [1.29, 1.82) is 0 Å². The Morgan fingerprint density at radius 1 is 1.46 bits per heavy atom. The lowest BCUT2D eigenvalue weighted by Crippen LogP contribution is -2.31. The molecule has 0 radical (unpaired) electrons. The predicted octanol–water partition coefficient (Wildman–Crippen LogP) is 2.68. The molecule has 0 aromatic heterocycles. The Morgan fingerprint density at radius 3 is 3.00 bits per heavy atom. The van der Waals surface area contributed by atoms with E-state index in [1.165, 1.54) is 32.4 Å². The molecule has 1 nitrogen and oxygen atoms in total. The van der Waals surface area contributed by atoms with Crippen molar-refractivity contribution in [2.24, 2.45) is 11.8 Å². The maximum absolute atomic E-state index is 2.68. The number of likely N-dealkylation sites (tertiary alicyclic amines) is 1. The smallest absolute Gasteiger partial charge is 0.00671 e. The molecule has 0 aromatic carbocycles. The van der Waals surface area contributed by atoms with Gasteiger partial charge in [0.25, 0.3) is 0 Å². The lowest BCUT2D eigenvalue weighted by molar-refractivity contribution is 0.234. The van der Waals surface area contributed by atoms with Gasteiger partial charge in [-0.3, -0.25) is 4.90 Å². The third kappa shape index (κ3) is 1.80. The lowest BCUT2D eigenvalue weighted by Gasteiger charge is -2.24. The largest absolute Gasteiger partial charge is 0.300 e. The molecule has 0 amide bonds. The van der Waals surface area contributed by atoms with E-state index in [4.69, 9.17) is 0 Å². The molecule has 2 rings (SSSR count). The van der Waals surface area contributed by atoms with Gasteiger partial charge < -0.3 is 0 Å². The van der Waals surface area contributed by atoms with Gasteiger partial charge in [0.1, 0.15) is 0 Å². The van der Waals surface area contributed by atoms with E-state index in [1.54, 1.807) is 0 Å². The van der Waals surface area contributed by atoms with Gasteiger partial charge >= 0.3 is 0 Å². The Morgan fingerprint density at radius 2 is 2.31 bits per heavy atom. The maximum Gasteiger partial charge on any atom is 0.00671 e. The van der Waals surface area contributed by atoms with Crippen molar-refractivity contribution in [2.45, 2.75) is 39.2 Å². The fraction of sp³-hybridized carbons (Fsp3) is 0.833. The average molecular weight is 179 g/mol. The third-order valence-corrected chi connectivity index (χ3v) is 3.67. The van der Waals surface area contributed by atoms with Crippen LogP contribution in [-0.2, 0) is 0 Å². The fourth-order valence-corrected chi connectivity index (χ4v) is 2.79. The van der Waals surface area contributed by atoms with Gasteiger partial charge in [-0.15, -0.1) is 0 Å². The van der Waals surface area contributed by atoms with E-state index < -0.39 is 0 Å². The summed E-state index contributed by atoms with van der Waals surface area (Å²) in [6, 6.07) is 0.809. The summed E-state index contributed by atoms with van der Waals surface area (Å²) in [7, 11) is 0. The standard InChI is InChI=1S/C12H21N/c1-3-5-10(2)13-8-11-6-4-7-12(11)9-13/h4,6,10-12H,3,5,7-9H2,1-2H3. The highest BCUT2D eigenvalue weighted by molar-refractivity contribution is 5.06. The van der Waals surface area contributed by atoms with Crippen LogP contribution < -0.4 is 0 Å². The molecule has 0 bridgehead atoms. The van der Waals surface area contributed by atoms with Gasteiger partial charge in [-0.2, -0.15) is 0 Å². The molecule has 1 fully saturated rings. The number of nitrogens with zero attached hydrogens (tertiary/aromatic N) is 1. The van der Waals surface area contributed by atoms with Crippen LogP contribution in [0.5, 0.6) is 0 Å². The summed E-state index contributed by atoms with van der Waals surface area (Å²) in [5, 5.41) is 0. The van der Waals surface area contributed by atoms with Crippen LogP contribution in [0.3, 0.4) is 0 Å². The zero-order valence-corrected chi connectivity index (χ0v) is 8.87. The molecule has 74 valence electrons. The van der Waals surface area contributed by atoms with Crippen molar-refractivity contribution in [2.75, 3.05) is 13.1 Å². The zero-order valence-electron chi connectivity index (χ0n) is 8.87. The van der Waals surface area contributed by atoms with E-state index >= 15 is 0 Å². The molecule has 1 saturated heterocycles. The monoisotopic (exact) mass is 179 g/mol. The minimum atomic E-state index is 0.809. The van der Waals surface area contributed by atoms with Crippen LogP contribution in [-0.4, -0.2) is 24.0 Å². The first-order valence-corrected chi connectivity index (χ1v) is 5.72. The second-order valence-corrected chi connectivity index (χ2v) is 4.68. The van der Waals surface area contributed by atoms with Gasteiger partial charge in [-0.25, -0.2) is 0 Å². The second kappa shape index (κ2) is 3.83. The van der Waals surface area contributed by atoms with Crippen LogP contribution in [0.1, 0.15) is 33.1 Å². The Balaban J connectivity index is 1.87. The molecule has 1 aliphatic carbocycles. The number of fused-ring (bicyclic) bond motifs is 1. The van der Waals surface area contributed by atoms with Crippen LogP contribution in [0.2, 0.25) is 0 Å². The highest BCUT2D eigenvalue weighted by Gasteiger charge is 2.34. The average Bonchev–Trinajstić information content (AvgIpc) is 2.61. The number of rotatable bonds is 3. The summed E-state index contributed by atoms with van der Waals surface area (Å²) in [6.45, 7) is 7.34. The maximum atomic E-state index is 2.68. The summed E-state index contributed by atoms with van der Waals surface area (Å²) < 4.78 is 0. The fourth-order valence-electron chi connectivity index (χ4n) is 2.79. The van der Waals surface area contributed by atoms with E-state index in [0.29, 0.717) is 0 Å². The van der Waals surface area contributed by atoms with Gasteiger partial charge in [0.15, 0.2) is 0 Å². The molecule has 0 saturated carbocycles. The van der Waals surface area contributed by atoms with Crippen LogP contribution in [0.4, 0.5) is 0 Å². The Labute approximate surface area is 81.8 Å². The molecule has 0 aromatic rings. The zero-order chi connectivity index (χ0) is 9.26. The minimum Gasteiger partial charge on any atom is -0.300 e. The molecule has 0 spiro atoms. The summed E-state index contributed by atoms with van der Waals surface area (Å²) in [4.78, 5) is 2.68. The first kappa shape index (κ1) is 9.26. The third-order valence-electron chi connectivity index (χ3n) is 3.67. The molecule has 1 heterocycles. The van der Waals surface area contributed by atoms with E-state index in [2.05, 4.69) is 30.9 Å². The van der Waals surface area contributed by atoms with Gasteiger partial charge in [-0.1, -0.05) is 25.5 Å². The van der Waals surface area contributed by atoms with Crippen molar-refractivity contribution in [3.05, 3.63) is 12.2 Å². The molecule has 0 N–H and O–H groups in total. The Hall–Kier alpha value is -0.300. The Bertz CT molecular complexity index is 197. The highest BCUT2D eigenvalue weighted by Crippen LogP contribution is 2.34. The molecule has 13 heavy (non-hydrogen) atoms. The van der Waals surface area contributed by atoms with Gasteiger partial charge in [0, 0.05) is 19.1 Å². The summed E-state index contributed by atoms with van der Waals surface area (Å²) >= 11 is 0. The first-order chi connectivity index (χ1) is 6.31. The quantitative estimate of drug-likeness (QED) is 0.602. The molecule has 1 aliphatic heterocycles. The van der Waals surface area contributed by atoms with Crippen molar-refractivity contribution in [3.8, 4) is 0 Å². The van der Waals surface area contributed by atoms with Crippen molar-refractivity contribution in [1.82, 2.24) is 4.90 Å². The molecule has 3 unspecified atom stereocenters. The minimum absolute atomic E-state index is 0.809. The molecule has 3 atom stereocenters.